The van der Waals surface area contributed by atoms with Crippen molar-refractivity contribution in [2.24, 2.45) is 0 Å². The Bertz CT molecular complexity index is 2510. The number of anilines is 3. The van der Waals surface area contributed by atoms with E-state index in [1.165, 1.54) is 65.0 Å². The van der Waals surface area contributed by atoms with Crippen LogP contribution in [0.1, 0.15) is 0 Å². The lowest BCUT2D eigenvalue weighted by atomic mass is 9.94. The van der Waals surface area contributed by atoms with E-state index in [1.807, 2.05) is 0 Å². The first-order valence-corrected chi connectivity index (χ1v) is 15.5. The predicted molar refractivity (Wildman–Crippen MR) is 194 cm³/mol. The molecule has 45 heavy (non-hydrogen) atoms. The summed E-state index contributed by atoms with van der Waals surface area (Å²) in [4.78, 5) is 2.39. The van der Waals surface area contributed by atoms with E-state index >= 15 is 0 Å². The second-order valence-electron chi connectivity index (χ2n) is 11.8. The Morgan fingerprint density at radius 3 is 1.31 bits per heavy atom. The van der Waals surface area contributed by atoms with Crippen molar-refractivity contribution in [1.82, 2.24) is 0 Å². The van der Waals surface area contributed by atoms with E-state index < -0.39 is 0 Å². The van der Waals surface area contributed by atoms with Crippen LogP contribution in [0.25, 0.3) is 65.0 Å². The molecule has 210 valence electrons. The number of hydrogen-bond acceptors (Lipinski definition) is 1. The molecule has 0 fully saturated rings. The van der Waals surface area contributed by atoms with Crippen molar-refractivity contribution in [2.45, 2.75) is 0 Å². The summed E-state index contributed by atoms with van der Waals surface area (Å²) in [7, 11) is 0. The normalized spacial score (nSPS) is 11.6. The molecule has 0 saturated heterocycles. The van der Waals surface area contributed by atoms with Crippen LogP contribution in [0.2, 0.25) is 0 Å². The van der Waals surface area contributed by atoms with Crippen LogP contribution in [0.5, 0.6) is 0 Å². The lowest BCUT2D eigenvalue weighted by molar-refractivity contribution is 1.29. The average Bonchev–Trinajstić information content (AvgIpc) is 3.12. The highest BCUT2D eigenvalue weighted by Gasteiger charge is 2.16. The maximum Gasteiger partial charge on any atom is 0.0468 e. The van der Waals surface area contributed by atoms with Crippen LogP contribution >= 0.6 is 0 Å². The molecule has 0 N–H and O–H groups in total. The lowest BCUT2D eigenvalue weighted by Gasteiger charge is -2.27. The molecule has 0 heterocycles. The number of hydrogen-bond donors (Lipinski definition) is 0. The van der Waals surface area contributed by atoms with Gasteiger partial charge in [-0.05, 0) is 107 Å². The maximum absolute atomic E-state index is 2.39. The molecule has 0 aliphatic heterocycles. The molecule has 0 spiro atoms. The first kappa shape index (κ1) is 25.6. The van der Waals surface area contributed by atoms with E-state index in [0.29, 0.717) is 0 Å². The van der Waals surface area contributed by atoms with Gasteiger partial charge in [0, 0.05) is 17.1 Å². The van der Waals surface area contributed by atoms with Crippen LogP contribution in [-0.4, -0.2) is 0 Å². The minimum Gasteiger partial charge on any atom is -0.310 e. The van der Waals surface area contributed by atoms with Gasteiger partial charge in [0.15, 0.2) is 0 Å². The van der Waals surface area contributed by atoms with E-state index in [0.717, 1.165) is 17.1 Å². The lowest BCUT2D eigenvalue weighted by Crippen LogP contribution is -2.10. The van der Waals surface area contributed by atoms with Gasteiger partial charge in [0.25, 0.3) is 0 Å². The Hall–Kier alpha value is -5.92. The molecule has 0 amide bonds. The summed E-state index contributed by atoms with van der Waals surface area (Å²) < 4.78 is 0. The smallest absolute Gasteiger partial charge is 0.0468 e. The summed E-state index contributed by atoms with van der Waals surface area (Å²) in [6.07, 6.45) is 0. The summed E-state index contributed by atoms with van der Waals surface area (Å²) in [6, 6.07) is 64.1. The third-order valence-corrected chi connectivity index (χ3v) is 9.19. The number of nitrogens with zero attached hydrogens (tertiary/aromatic N) is 1. The van der Waals surface area contributed by atoms with Crippen molar-refractivity contribution in [1.29, 1.82) is 0 Å². The van der Waals surface area contributed by atoms with Crippen molar-refractivity contribution in [3.8, 4) is 11.1 Å². The van der Waals surface area contributed by atoms with Gasteiger partial charge in [-0.15, -0.1) is 0 Å². The van der Waals surface area contributed by atoms with E-state index in [-0.39, 0.29) is 0 Å². The minimum atomic E-state index is 1.12. The SMILES string of the molecule is c1ccc2cc(-c3ccc(N(c4ccc5ccccc5c4)c4ccc5c6ccccc6c6ccccc6c5c4)cc3)ccc2c1. The Morgan fingerprint density at radius 2 is 0.667 bits per heavy atom. The van der Waals surface area contributed by atoms with Gasteiger partial charge in [-0.2, -0.15) is 0 Å². The zero-order chi connectivity index (χ0) is 29.7. The Balaban J connectivity index is 1.24. The number of benzene rings is 9. The van der Waals surface area contributed by atoms with Crippen LogP contribution in [0.4, 0.5) is 17.1 Å². The predicted octanol–water partition coefficient (Wildman–Crippen LogP) is 12.6. The summed E-state index contributed by atoms with van der Waals surface area (Å²) in [5.74, 6) is 0. The summed E-state index contributed by atoms with van der Waals surface area (Å²) in [6.45, 7) is 0. The van der Waals surface area contributed by atoms with Crippen molar-refractivity contribution in [2.75, 3.05) is 4.90 Å². The fourth-order valence-corrected chi connectivity index (χ4v) is 6.97. The molecule has 1 nitrogen and oxygen atoms in total. The molecule has 0 radical (unpaired) electrons. The molecule has 0 saturated carbocycles. The molecule has 0 aliphatic rings. The Morgan fingerprint density at radius 1 is 0.244 bits per heavy atom. The van der Waals surface area contributed by atoms with Gasteiger partial charge in [0.1, 0.15) is 0 Å². The molecule has 0 atom stereocenters. The highest BCUT2D eigenvalue weighted by molar-refractivity contribution is 6.25. The van der Waals surface area contributed by atoms with E-state index in [2.05, 4.69) is 181 Å². The monoisotopic (exact) mass is 571 g/mol. The summed E-state index contributed by atoms with van der Waals surface area (Å²) >= 11 is 0. The highest BCUT2D eigenvalue weighted by Crippen LogP contribution is 2.41. The Labute approximate surface area is 262 Å². The standard InChI is InChI=1S/C44H29N/c1-3-11-33-27-35(18-17-30(33)9-1)32-19-22-36(23-20-32)45(37-24-21-31-10-2-4-12-34(31)28-37)38-25-26-43-41-15-6-5-13-39(41)40-14-7-8-16-42(40)44(43)29-38/h1-29H. The fraction of sp³-hybridized carbons (Fsp3) is 0. The fourth-order valence-electron chi connectivity index (χ4n) is 6.97. The van der Waals surface area contributed by atoms with Crippen LogP contribution in [0.3, 0.4) is 0 Å². The maximum atomic E-state index is 2.39. The third-order valence-electron chi connectivity index (χ3n) is 9.19. The van der Waals surface area contributed by atoms with Crippen molar-refractivity contribution in [3.63, 3.8) is 0 Å². The molecular formula is C44H29N. The third kappa shape index (κ3) is 4.32. The van der Waals surface area contributed by atoms with Gasteiger partial charge in [-0.25, -0.2) is 0 Å². The Kier molecular flexibility index (Phi) is 5.89. The van der Waals surface area contributed by atoms with Gasteiger partial charge in [-0.3, -0.25) is 0 Å². The topological polar surface area (TPSA) is 3.24 Å². The zero-order valence-corrected chi connectivity index (χ0v) is 24.7. The first-order valence-electron chi connectivity index (χ1n) is 15.5. The molecule has 9 aromatic carbocycles. The van der Waals surface area contributed by atoms with Gasteiger partial charge in [0.2, 0.25) is 0 Å². The molecular weight excluding hydrogens is 542 g/mol. The second-order valence-corrected chi connectivity index (χ2v) is 11.8. The van der Waals surface area contributed by atoms with Gasteiger partial charge >= 0.3 is 0 Å². The molecule has 0 unspecified atom stereocenters. The van der Waals surface area contributed by atoms with Gasteiger partial charge in [0.05, 0.1) is 0 Å². The largest absolute Gasteiger partial charge is 0.310 e. The molecule has 0 bridgehead atoms. The second kappa shape index (κ2) is 10.4. The van der Waals surface area contributed by atoms with Gasteiger partial charge in [-0.1, -0.05) is 133 Å². The molecule has 9 rings (SSSR count). The zero-order valence-electron chi connectivity index (χ0n) is 24.7. The number of fused-ring (bicyclic) bond motifs is 8. The highest BCUT2D eigenvalue weighted by atomic mass is 15.1. The van der Waals surface area contributed by atoms with Crippen molar-refractivity contribution in [3.05, 3.63) is 176 Å². The average molecular weight is 572 g/mol. The van der Waals surface area contributed by atoms with Crippen molar-refractivity contribution >= 4 is 70.9 Å². The van der Waals surface area contributed by atoms with Crippen LogP contribution in [0.15, 0.2) is 176 Å². The van der Waals surface area contributed by atoms with E-state index in [9.17, 15) is 0 Å². The molecule has 1 heteroatoms. The summed E-state index contributed by atoms with van der Waals surface area (Å²) in [5, 5.41) is 12.7. The first-order chi connectivity index (χ1) is 22.3. The van der Waals surface area contributed by atoms with E-state index in [1.54, 1.807) is 0 Å². The summed E-state index contributed by atoms with van der Waals surface area (Å²) in [5.41, 5.74) is 5.83. The quantitative estimate of drug-likeness (QED) is 0.190. The number of rotatable bonds is 4. The van der Waals surface area contributed by atoms with Crippen LogP contribution in [0, 0.1) is 0 Å². The van der Waals surface area contributed by atoms with Gasteiger partial charge < -0.3 is 4.90 Å². The molecule has 9 aromatic rings. The molecule has 0 aliphatic carbocycles. The van der Waals surface area contributed by atoms with Crippen molar-refractivity contribution < 1.29 is 0 Å². The van der Waals surface area contributed by atoms with Crippen LogP contribution < -0.4 is 4.90 Å². The molecule has 0 aromatic heterocycles. The minimum absolute atomic E-state index is 1.12. The van der Waals surface area contributed by atoms with Crippen LogP contribution in [-0.2, 0) is 0 Å². The van der Waals surface area contributed by atoms with E-state index in [4.69, 9.17) is 0 Å².